The van der Waals surface area contributed by atoms with E-state index in [-0.39, 0.29) is 39.6 Å². The van der Waals surface area contributed by atoms with Crippen molar-refractivity contribution in [1.82, 2.24) is 0 Å². The highest BCUT2D eigenvalue weighted by Gasteiger charge is 2.64. The lowest BCUT2D eigenvalue weighted by Crippen LogP contribution is -2.62. The van der Waals surface area contributed by atoms with E-state index >= 15 is 0 Å². The molecule has 11 atom stereocenters. The Labute approximate surface area is 265 Å². The van der Waals surface area contributed by atoms with Gasteiger partial charge in [-0.2, -0.15) is 0 Å². The maximum absolute atomic E-state index is 13.1. The lowest BCUT2D eigenvalue weighted by molar-refractivity contribution is -0.203. The van der Waals surface area contributed by atoms with Crippen molar-refractivity contribution in [2.45, 2.75) is 115 Å². The highest BCUT2D eigenvalue weighted by atomic mass is 32.2. The zero-order valence-corrected chi connectivity index (χ0v) is 28.1. The Morgan fingerprint density at radius 2 is 1.64 bits per heavy atom. The molecule has 2 aromatic carbocycles. The molecule has 44 heavy (non-hydrogen) atoms. The van der Waals surface area contributed by atoms with E-state index in [1.807, 2.05) is 30.3 Å². The van der Waals surface area contributed by atoms with Crippen molar-refractivity contribution < 1.29 is 23.4 Å². The zero-order valence-electron chi connectivity index (χ0n) is 27.3. The van der Waals surface area contributed by atoms with Crippen LogP contribution in [0.3, 0.4) is 0 Å². The van der Waals surface area contributed by atoms with E-state index in [0.717, 1.165) is 49.3 Å². The molecule has 242 valence electrons. The van der Waals surface area contributed by atoms with Gasteiger partial charge in [0.25, 0.3) is 0 Å². The van der Waals surface area contributed by atoms with E-state index in [2.05, 4.69) is 27.7 Å². The minimum absolute atomic E-state index is 0.195. The lowest BCUT2D eigenvalue weighted by Gasteiger charge is -2.64. The second-order valence-corrected chi connectivity index (χ2v) is 17.8. The van der Waals surface area contributed by atoms with E-state index in [1.165, 1.54) is 25.7 Å². The molecule has 4 aliphatic carbocycles. The summed E-state index contributed by atoms with van der Waals surface area (Å²) in [7, 11) is -3.67. The van der Waals surface area contributed by atoms with Crippen molar-refractivity contribution in [3.63, 3.8) is 0 Å². The van der Waals surface area contributed by atoms with Crippen LogP contribution in [0.5, 0.6) is 0 Å². The number of benzene rings is 2. The molecule has 6 rings (SSSR count). The molecule has 2 N–H and O–H groups in total. The predicted molar refractivity (Wildman–Crippen MR) is 176 cm³/mol. The number of carbonyl (C=O) groups excluding carboxylic acids is 1. The second-order valence-electron chi connectivity index (χ2n) is 15.8. The summed E-state index contributed by atoms with van der Waals surface area (Å²) in [4.78, 5) is 13.1. The smallest absolute Gasteiger partial charge is 0.185 e. The van der Waals surface area contributed by atoms with Crippen LogP contribution in [0.2, 0.25) is 0 Å². The van der Waals surface area contributed by atoms with E-state index in [9.17, 15) is 23.4 Å². The number of ketones is 1. The van der Waals surface area contributed by atoms with Gasteiger partial charge in [-0.15, -0.1) is 0 Å². The standard InChI is InChI=1S/C38H54O5S/c1-5-30-34-22-27(39)17-19-38(34,4)33-18-20-37(3)31(15-16-32(37)35(33)36(30)41)24(2)9-8-12-28(40)23-44(42,43)29-14-13-25-10-6-7-11-26(25)21-29/h6-7,10-11,13-14,21,24,27,30-36,39,41H,5,8-9,12,15-20,22-23H2,1-4H3/t24-,27-,30-,31-,32+,33+,34+,35+,36-,37-,38-/m1/s1. The number of carbonyl (C=O) groups is 1. The van der Waals surface area contributed by atoms with Gasteiger partial charge in [0, 0.05) is 6.42 Å². The Balaban J connectivity index is 1.08. The van der Waals surface area contributed by atoms with Crippen LogP contribution < -0.4 is 0 Å². The summed E-state index contributed by atoms with van der Waals surface area (Å²) in [5.41, 5.74) is 0.406. The third kappa shape index (κ3) is 5.49. The summed E-state index contributed by atoms with van der Waals surface area (Å²) >= 11 is 0. The molecule has 0 aromatic heterocycles. The fraction of sp³-hybridized carbons (Fsp3) is 0.711. The molecule has 0 saturated heterocycles. The Kier molecular flexibility index (Phi) is 8.86. The largest absolute Gasteiger partial charge is 0.393 e. The molecule has 4 saturated carbocycles. The molecule has 0 amide bonds. The predicted octanol–water partition coefficient (Wildman–Crippen LogP) is 7.62. The van der Waals surface area contributed by atoms with Gasteiger partial charge in [-0.05, 0) is 127 Å². The highest BCUT2D eigenvalue weighted by molar-refractivity contribution is 7.92. The van der Waals surface area contributed by atoms with Crippen molar-refractivity contribution in [2.75, 3.05) is 5.75 Å². The average molecular weight is 623 g/mol. The van der Waals surface area contributed by atoms with Crippen LogP contribution in [0.4, 0.5) is 0 Å². The van der Waals surface area contributed by atoms with E-state index in [0.29, 0.717) is 41.9 Å². The first-order valence-electron chi connectivity index (χ1n) is 17.5. The molecule has 5 nitrogen and oxygen atoms in total. The van der Waals surface area contributed by atoms with Gasteiger partial charge in [-0.25, -0.2) is 8.42 Å². The Morgan fingerprint density at radius 1 is 0.932 bits per heavy atom. The third-order valence-electron chi connectivity index (χ3n) is 13.7. The normalized spacial score (nSPS) is 39.3. The van der Waals surface area contributed by atoms with Crippen LogP contribution in [-0.2, 0) is 14.6 Å². The van der Waals surface area contributed by atoms with Crippen LogP contribution in [0, 0.1) is 52.3 Å². The van der Waals surface area contributed by atoms with Gasteiger partial charge < -0.3 is 10.2 Å². The first-order valence-corrected chi connectivity index (χ1v) is 19.1. The van der Waals surface area contributed by atoms with E-state index in [1.54, 1.807) is 12.1 Å². The first-order chi connectivity index (χ1) is 20.9. The number of aliphatic hydroxyl groups excluding tert-OH is 2. The molecular weight excluding hydrogens is 568 g/mol. The fourth-order valence-corrected chi connectivity index (χ4v) is 12.8. The van der Waals surface area contributed by atoms with Crippen molar-refractivity contribution in [1.29, 1.82) is 0 Å². The minimum Gasteiger partial charge on any atom is -0.393 e. The van der Waals surface area contributed by atoms with Crippen molar-refractivity contribution in [2.24, 2.45) is 52.3 Å². The van der Waals surface area contributed by atoms with Gasteiger partial charge in [-0.3, -0.25) is 4.79 Å². The summed E-state index contributed by atoms with van der Waals surface area (Å²) < 4.78 is 26.1. The number of Topliss-reactive ketones (excluding diaryl/α,β-unsaturated/α-hetero) is 1. The van der Waals surface area contributed by atoms with Gasteiger partial charge in [0.1, 0.15) is 11.5 Å². The maximum Gasteiger partial charge on any atom is 0.185 e. The third-order valence-corrected chi connectivity index (χ3v) is 15.4. The summed E-state index contributed by atoms with van der Waals surface area (Å²) in [5.74, 6) is 2.48. The van der Waals surface area contributed by atoms with Crippen LogP contribution in [0.15, 0.2) is 47.4 Å². The second kappa shape index (κ2) is 12.1. The van der Waals surface area contributed by atoms with Gasteiger partial charge in [0.15, 0.2) is 9.84 Å². The number of hydrogen-bond acceptors (Lipinski definition) is 5. The van der Waals surface area contributed by atoms with Crippen molar-refractivity contribution in [3.05, 3.63) is 42.5 Å². The zero-order chi connectivity index (χ0) is 31.4. The molecule has 0 bridgehead atoms. The summed E-state index contributed by atoms with van der Waals surface area (Å²) in [6.45, 7) is 9.55. The minimum atomic E-state index is -3.67. The number of hydrogen-bond donors (Lipinski definition) is 2. The number of rotatable bonds is 9. The van der Waals surface area contributed by atoms with Crippen LogP contribution >= 0.6 is 0 Å². The van der Waals surface area contributed by atoms with Gasteiger partial charge in [0.05, 0.1) is 17.1 Å². The monoisotopic (exact) mass is 622 g/mol. The average Bonchev–Trinajstić information content (AvgIpc) is 3.35. The lowest BCUT2D eigenvalue weighted by atomic mass is 9.41. The summed E-state index contributed by atoms with van der Waals surface area (Å²) in [5, 5.41) is 24.4. The van der Waals surface area contributed by atoms with Gasteiger partial charge >= 0.3 is 0 Å². The quantitative estimate of drug-likeness (QED) is 0.300. The van der Waals surface area contributed by atoms with Gasteiger partial charge in [-0.1, -0.05) is 70.9 Å². The van der Waals surface area contributed by atoms with Crippen LogP contribution in [0.1, 0.15) is 98.3 Å². The topological polar surface area (TPSA) is 91.7 Å². The Hall–Kier alpha value is -1.76. The molecular formula is C38H54O5S. The number of aliphatic hydroxyl groups is 2. The molecule has 0 heterocycles. The molecule has 0 spiro atoms. The number of fused-ring (bicyclic) bond motifs is 6. The Bertz CT molecular complexity index is 1470. The van der Waals surface area contributed by atoms with E-state index < -0.39 is 15.6 Å². The Morgan fingerprint density at radius 3 is 2.39 bits per heavy atom. The molecule has 2 aromatic rings. The number of sulfone groups is 1. The molecule has 6 heteroatoms. The fourth-order valence-electron chi connectivity index (χ4n) is 11.5. The molecule has 4 aliphatic rings. The van der Waals surface area contributed by atoms with Crippen LogP contribution in [-0.4, -0.2) is 42.4 Å². The first kappa shape index (κ1) is 32.2. The summed E-state index contributed by atoms with van der Waals surface area (Å²) in [6, 6.07) is 12.8. The molecule has 0 unspecified atom stereocenters. The van der Waals surface area contributed by atoms with Crippen LogP contribution in [0.25, 0.3) is 10.8 Å². The summed E-state index contributed by atoms with van der Waals surface area (Å²) in [6.07, 6.45) is 9.97. The molecule has 4 fully saturated rings. The maximum atomic E-state index is 13.1. The van der Waals surface area contributed by atoms with Gasteiger partial charge in [0.2, 0.25) is 0 Å². The SMILES string of the molecule is CC[C@H]1[C@@H](O)[C@@H]2[C@H](CC[C@]3(C)[C@@H]([C@H](C)CCCC(=O)CS(=O)(=O)c4ccc5ccccc5c4)CC[C@@H]23)[C@@]2(C)CC[C@@H](O)C[C@@H]12. The van der Waals surface area contributed by atoms with Crippen molar-refractivity contribution >= 4 is 26.4 Å². The van der Waals surface area contributed by atoms with E-state index in [4.69, 9.17) is 0 Å². The molecule has 0 aliphatic heterocycles. The molecule has 0 radical (unpaired) electrons. The highest BCUT2D eigenvalue weighted by Crippen LogP contribution is 2.69. The van der Waals surface area contributed by atoms with Crippen molar-refractivity contribution in [3.8, 4) is 0 Å².